The van der Waals surface area contributed by atoms with Crippen LogP contribution < -0.4 is 16.4 Å². The van der Waals surface area contributed by atoms with Crippen molar-refractivity contribution in [2.24, 2.45) is 10.7 Å². The van der Waals surface area contributed by atoms with Gasteiger partial charge in [-0.1, -0.05) is 22.0 Å². The van der Waals surface area contributed by atoms with Crippen molar-refractivity contribution in [2.45, 2.75) is 12.8 Å². The van der Waals surface area contributed by atoms with Crippen LogP contribution in [-0.4, -0.2) is 36.5 Å². The van der Waals surface area contributed by atoms with Crippen LogP contribution in [0.4, 0.5) is 0 Å². The summed E-state index contributed by atoms with van der Waals surface area (Å²) in [5.41, 5.74) is 7.47. The summed E-state index contributed by atoms with van der Waals surface area (Å²) in [6.45, 7) is 1.80. The van der Waals surface area contributed by atoms with Gasteiger partial charge in [0.05, 0.1) is 0 Å². The normalized spacial score (nSPS) is 10.7. The quantitative estimate of drug-likeness (QED) is 0.211. The Morgan fingerprint density at radius 1 is 1.12 bits per heavy atom. The van der Waals surface area contributed by atoms with Crippen LogP contribution >= 0.6 is 39.9 Å². The molecule has 2 rings (SSSR count). The average Bonchev–Trinajstić information content (AvgIpc) is 2.63. The highest BCUT2D eigenvalue weighted by molar-refractivity contribution is 14.0. The van der Waals surface area contributed by atoms with Crippen molar-refractivity contribution in [2.75, 3.05) is 19.6 Å². The molecule has 0 atom stereocenters. The van der Waals surface area contributed by atoms with Crippen molar-refractivity contribution in [3.8, 4) is 0 Å². The molecule has 1 aromatic heterocycles. The fourth-order valence-corrected chi connectivity index (χ4v) is 2.37. The second kappa shape index (κ2) is 12.6. The lowest BCUT2D eigenvalue weighted by Crippen LogP contribution is -2.33. The highest BCUT2D eigenvalue weighted by atomic mass is 127. The number of aliphatic imine (C=N–C) groups is 1. The molecule has 1 amide bonds. The van der Waals surface area contributed by atoms with Gasteiger partial charge in [0.2, 0.25) is 0 Å². The fourth-order valence-electron chi connectivity index (χ4n) is 2.10. The van der Waals surface area contributed by atoms with Crippen molar-refractivity contribution >= 4 is 51.8 Å². The van der Waals surface area contributed by atoms with E-state index in [1.54, 1.807) is 18.3 Å². The Balaban J connectivity index is 0.00000338. The Morgan fingerprint density at radius 3 is 2.58 bits per heavy atom. The van der Waals surface area contributed by atoms with Gasteiger partial charge < -0.3 is 16.4 Å². The van der Waals surface area contributed by atoms with Gasteiger partial charge in [0, 0.05) is 48.0 Å². The molecule has 6 nitrogen and oxygen atoms in total. The minimum atomic E-state index is -0.0852. The fraction of sp³-hybridized carbons (Fsp3) is 0.278. The lowest BCUT2D eigenvalue weighted by molar-refractivity contribution is 0.0953. The van der Waals surface area contributed by atoms with E-state index in [1.807, 2.05) is 30.3 Å². The number of nitrogens with one attached hydrogen (secondary N) is 2. The first-order chi connectivity index (χ1) is 12.1. The van der Waals surface area contributed by atoms with Crippen LogP contribution in [0.2, 0.25) is 0 Å². The molecule has 0 unspecified atom stereocenters. The number of guanidine groups is 1. The molecule has 4 N–H and O–H groups in total. The molecule has 1 aromatic carbocycles. The molecule has 0 spiro atoms. The van der Waals surface area contributed by atoms with Crippen molar-refractivity contribution in [3.05, 3.63) is 64.4 Å². The van der Waals surface area contributed by atoms with E-state index in [0.717, 1.165) is 23.0 Å². The highest BCUT2D eigenvalue weighted by Crippen LogP contribution is 2.10. The van der Waals surface area contributed by atoms with Crippen LogP contribution in [0.15, 0.2) is 58.1 Å². The molecule has 0 saturated carbocycles. The van der Waals surface area contributed by atoms with E-state index >= 15 is 0 Å². The molecule has 140 valence electrons. The summed E-state index contributed by atoms with van der Waals surface area (Å²) < 4.78 is 0.949. The number of hydrogen-bond acceptors (Lipinski definition) is 3. The first-order valence-electron chi connectivity index (χ1n) is 8.12. The molecule has 0 saturated heterocycles. The van der Waals surface area contributed by atoms with E-state index in [9.17, 15) is 4.79 Å². The summed E-state index contributed by atoms with van der Waals surface area (Å²) in [6.07, 6.45) is 3.29. The van der Waals surface area contributed by atoms with Crippen LogP contribution in [0, 0.1) is 0 Å². The van der Waals surface area contributed by atoms with Gasteiger partial charge in [-0.3, -0.25) is 14.8 Å². The Hall–Kier alpha value is -1.68. The number of nitrogens with two attached hydrogens (primary N) is 1. The van der Waals surface area contributed by atoms with Gasteiger partial charge in [0.1, 0.15) is 0 Å². The maximum absolute atomic E-state index is 11.9. The first-order valence-corrected chi connectivity index (χ1v) is 8.92. The summed E-state index contributed by atoms with van der Waals surface area (Å²) >= 11 is 3.34. The molecule has 2 aromatic rings. The van der Waals surface area contributed by atoms with Gasteiger partial charge in [-0.2, -0.15) is 0 Å². The zero-order valence-corrected chi connectivity index (χ0v) is 18.2. The van der Waals surface area contributed by atoms with Crippen LogP contribution in [0.3, 0.4) is 0 Å². The number of amides is 1. The summed E-state index contributed by atoms with van der Waals surface area (Å²) in [7, 11) is 0. The van der Waals surface area contributed by atoms with Gasteiger partial charge in [0.15, 0.2) is 5.96 Å². The second-order valence-corrected chi connectivity index (χ2v) is 6.30. The smallest absolute Gasteiger partial charge is 0.251 e. The predicted octanol–water partition coefficient (Wildman–Crippen LogP) is 2.73. The van der Waals surface area contributed by atoms with Gasteiger partial charge in [0.25, 0.3) is 5.91 Å². The van der Waals surface area contributed by atoms with E-state index in [1.165, 1.54) is 0 Å². The van der Waals surface area contributed by atoms with E-state index in [-0.39, 0.29) is 29.9 Å². The number of hydrogen-bond donors (Lipinski definition) is 3. The molecule has 0 bridgehead atoms. The predicted molar refractivity (Wildman–Crippen MR) is 119 cm³/mol. The summed E-state index contributed by atoms with van der Waals surface area (Å²) in [5, 5.41) is 5.92. The zero-order valence-electron chi connectivity index (χ0n) is 14.3. The minimum Gasteiger partial charge on any atom is -0.370 e. The Bertz CT molecular complexity index is 694. The number of carbonyl (C=O) groups is 1. The number of nitrogens with zero attached hydrogens (tertiary/aromatic N) is 2. The number of pyridine rings is 1. The molecule has 0 aliphatic heterocycles. The standard InChI is InChI=1S/C18H22BrN5O.HI/c19-15-7-5-14(6-8-15)17(25)22-11-3-12-23-18(20)24-13-9-16-4-1-2-10-21-16;/h1-2,4-8,10H,3,9,11-13H2,(H,22,25)(H3,20,23,24);1H. The maximum atomic E-state index is 11.9. The maximum Gasteiger partial charge on any atom is 0.251 e. The summed E-state index contributed by atoms with van der Waals surface area (Å²) in [5.74, 6) is 0.327. The average molecular weight is 532 g/mol. The molecule has 1 heterocycles. The molecule has 8 heteroatoms. The monoisotopic (exact) mass is 531 g/mol. The second-order valence-electron chi connectivity index (χ2n) is 5.38. The van der Waals surface area contributed by atoms with E-state index in [0.29, 0.717) is 31.2 Å². The number of carbonyl (C=O) groups excluding carboxylic acids is 1. The van der Waals surface area contributed by atoms with E-state index in [2.05, 4.69) is 36.5 Å². The third kappa shape index (κ3) is 8.61. The molecule has 26 heavy (non-hydrogen) atoms. The highest BCUT2D eigenvalue weighted by Gasteiger charge is 2.03. The van der Waals surface area contributed by atoms with Crippen LogP contribution in [0.25, 0.3) is 0 Å². The molecular formula is C18H23BrIN5O. The largest absolute Gasteiger partial charge is 0.370 e. The van der Waals surface area contributed by atoms with Crippen molar-refractivity contribution in [1.29, 1.82) is 0 Å². The Kier molecular flexibility index (Phi) is 10.9. The Labute approximate surface area is 179 Å². The lowest BCUT2D eigenvalue weighted by atomic mass is 10.2. The van der Waals surface area contributed by atoms with E-state index in [4.69, 9.17) is 5.73 Å². The number of halogens is 2. The molecule has 0 aliphatic rings. The van der Waals surface area contributed by atoms with Crippen molar-refractivity contribution < 1.29 is 4.79 Å². The summed E-state index contributed by atoms with van der Waals surface area (Å²) in [4.78, 5) is 20.4. The van der Waals surface area contributed by atoms with Crippen molar-refractivity contribution in [3.63, 3.8) is 0 Å². The van der Waals surface area contributed by atoms with Gasteiger partial charge in [-0.05, 0) is 42.8 Å². The third-order valence-electron chi connectivity index (χ3n) is 3.42. The molecular weight excluding hydrogens is 509 g/mol. The SMILES string of the molecule is I.NC(=NCCCNC(=O)c1ccc(Br)cc1)NCCc1ccccn1. The van der Waals surface area contributed by atoms with Crippen LogP contribution in [-0.2, 0) is 6.42 Å². The zero-order chi connectivity index (χ0) is 17.9. The third-order valence-corrected chi connectivity index (χ3v) is 3.95. The van der Waals surface area contributed by atoms with Crippen LogP contribution in [0.5, 0.6) is 0 Å². The number of benzene rings is 1. The number of aromatic nitrogens is 1. The molecule has 0 radical (unpaired) electrons. The van der Waals surface area contributed by atoms with E-state index < -0.39 is 0 Å². The Morgan fingerprint density at radius 2 is 1.88 bits per heavy atom. The van der Waals surface area contributed by atoms with Gasteiger partial charge in [-0.15, -0.1) is 24.0 Å². The van der Waals surface area contributed by atoms with Gasteiger partial charge in [-0.25, -0.2) is 0 Å². The molecule has 0 fully saturated rings. The topological polar surface area (TPSA) is 92.4 Å². The van der Waals surface area contributed by atoms with Crippen molar-refractivity contribution in [1.82, 2.24) is 15.6 Å². The minimum absolute atomic E-state index is 0. The van der Waals surface area contributed by atoms with Gasteiger partial charge >= 0.3 is 0 Å². The van der Waals surface area contributed by atoms with Crippen LogP contribution in [0.1, 0.15) is 22.5 Å². The summed E-state index contributed by atoms with van der Waals surface area (Å²) in [6, 6.07) is 13.1. The lowest BCUT2D eigenvalue weighted by Gasteiger charge is -2.06. The molecule has 0 aliphatic carbocycles. The number of rotatable bonds is 8. The first kappa shape index (κ1) is 22.4.